The topological polar surface area (TPSA) is 49.0 Å². The molecule has 0 spiro atoms. The number of benzene rings is 3. The van der Waals surface area contributed by atoms with Gasteiger partial charge < -0.3 is 24.3 Å². The third-order valence-corrected chi connectivity index (χ3v) is 5.61. The lowest BCUT2D eigenvalue weighted by atomic mass is 10.1. The Morgan fingerprint density at radius 1 is 1.03 bits per heavy atom. The Morgan fingerprint density at radius 3 is 2.69 bits per heavy atom. The number of rotatable bonds is 7. The van der Waals surface area contributed by atoms with Gasteiger partial charge in [0.15, 0.2) is 23.0 Å². The predicted molar refractivity (Wildman–Crippen MR) is 116 cm³/mol. The Morgan fingerprint density at radius 2 is 1.86 bits per heavy atom. The molecule has 0 aliphatic carbocycles. The van der Waals surface area contributed by atoms with E-state index in [1.165, 1.54) is 5.56 Å². The van der Waals surface area contributed by atoms with Crippen LogP contribution in [0.1, 0.15) is 16.7 Å². The van der Waals surface area contributed by atoms with Crippen molar-refractivity contribution in [1.29, 1.82) is 0 Å². The van der Waals surface area contributed by atoms with Crippen LogP contribution in [0.3, 0.4) is 0 Å². The van der Waals surface area contributed by atoms with Crippen LogP contribution >= 0.6 is 15.9 Å². The molecular weight excluding hydrogens is 434 g/mol. The summed E-state index contributed by atoms with van der Waals surface area (Å²) in [4.78, 5) is 0. The Kier molecular flexibility index (Phi) is 5.81. The lowest BCUT2D eigenvalue weighted by Crippen LogP contribution is -2.07. The Labute approximate surface area is 178 Å². The largest absolute Gasteiger partial charge is 0.493 e. The second-order valence-corrected chi connectivity index (χ2v) is 7.55. The Bertz CT molecular complexity index is 1020. The molecule has 3 aromatic rings. The van der Waals surface area contributed by atoms with Gasteiger partial charge in [0.05, 0.1) is 7.11 Å². The molecule has 6 heteroatoms. The van der Waals surface area contributed by atoms with Gasteiger partial charge in [-0.3, -0.25) is 0 Å². The third-order valence-electron chi connectivity index (χ3n) is 4.86. The normalized spacial score (nSPS) is 12.0. The van der Waals surface area contributed by atoms with Gasteiger partial charge in [-0.1, -0.05) is 40.2 Å². The number of halogens is 1. The molecule has 3 aromatic carbocycles. The number of fused-ring (bicyclic) bond motifs is 1. The lowest BCUT2D eigenvalue weighted by Gasteiger charge is -2.18. The van der Waals surface area contributed by atoms with Crippen molar-refractivity contribution in [2.45, 2.75) is 20.1 Å². The van der Waals surface area contributed by atoms with E-state index in [1.54, 1.807) is 7.11 Å². The highest BCUT2D eigenvalue weighted by atomic mass is 79.9. The minimum Gasteiger partial charge on any atom is -0.493 e. The molecule has 1 aliphatic rings. The van der Waals surface area contributed by atoms with Crippen LogP contribution in [0, 0.1) is 6.92 Å². The summed E-state index contributed by atoms with van der Waals surface area (Å²) in [5.74, 6) is 2.93. The number of anilines is 1. The average Bonchev–Trinajstić information content (AvgIpc) is 3.20. The first-order valence-corrected chi connectivity index (χ1v) is 10.1. The van der Waals surface area contributed by atoms with Gasteiger partial charge in [-0.05, 0) is 42.3 Å². The number of methoxy groups -OCH3 is 1. The molecule has 0 bridgehead atoms. The zero-order valence-corrected chi connectivity index (χ0v) is 17.9. The standard InChI is InChI=1S/C23H22BrNO4/c1-15-5-3-4-6-16(15)13-27-23-18(19(24)8-10-21(23)26-2)12-25-17-7-9-20-22(11-17)29-14-28-20/h3-11,25H,12-14H2,1-2H3. The van der Waals surface area contributed by atoms with Crippen LogP contribution in [0.2, 0.25) is 0 Å². The second kappa shape index (κ2) is 8.66. The molecule has 4 rings (SSSR count). The fraction of sp³-hybridized carbons (Fsp3) is 0.217. The van der Waals surface area contributed by atoms with Crippen molar-refractivity contribution in [3.8, 4) is 23.0 Å². The van der Waals surface area contributed by atoms with E-state index in [4.69, 9.17) is 18.9 Å². The Hall–Kier alpha value is -2.86. The predicted octanol–water partition coefficient (Wildman–Crippen LogP) is 5.69. The van der Waals surface area contributed by atoms with Crippen molar-refractivity contribution < 1.29 is 18.9 Å². The summed E-state index contributed by atoms with van der Waals surface area (Å²) in [6.07, 6.45) is 0. The maximum atomic E-state index is 6.23. The van der Waals surface area contributed by atoms with Gasteiger partial charge >= 0.3 is 0 Å². The number of hydrogen-bond donors (Lipinski definition) is 1. The van der Waals surface area contributed by atoms with Gasteiger partial charge in [-0.2, -0.15) is 0 Å². The molecule has 5 nitrogen and oxygen atoms in total. The molecule has 29 heavy (non-hydrogen) atoms. The maximum absolute atomic E-state index is 6.23. The van der Waals surface area contributed by atoms with Crippen LogP contribution in [0.15, 0.2) is 59.1 Å². The third kappa shape index (κ3) is 4.27. The molecule has 0 amide bonds. The summed E-state index contributed by atoms with van der Waals surface area (Å²) in [6.45, 7) is 3.37. The molecule has 150 valence electrons. The highest BCUT2D eigenvalue weighted by Crippen LogP contribution is 2.38. The highest BCUT2D eigenvalue weighted by Gasteiger charge is 2.17. The van der Waals surface area contributed by atoms with Crippen molar-refractivity contribution in [1.82, 2.24) is 0 Å². The fourth-order valence-corrected chi connectivity index (χ4v) is 3.64. The van der Waals surface area contributed by atoms with E-state index in [1.807, 2.05) is 42.5 Å². The van der Waals surface area contributed by atoms with Crippen molar-refractivity contribution >= 4 is 21.6 Å². The van der Waals surface area contributed by atoms with Crippen LogP contribution in [0.5, 0.6) is 23.0 Å². The minimum absolute atomic E-state index is 0.261. The lowest BCUT2D eigenvalue weighted by molar-refractivity contribution is 0.174. The molecule has 0 aromatic heterocycles. The molecule has 0 atom stereocenters. The van der Waals surface area contributed by atoms with Crippen LogP contribution in [-0.2, 0) is 13.2 Å². The van der Waals surface area contributed by atoms with E-state index in [0.29, 0.717) is 18.9 Å². The summed E-state index contributed by atoms with van der Waals surface area (Å²) in [6, 6.07) is 17.9. The molecule has 1 heterocycles. The van der Waals surface area contributed by atoms with Gasteiger partial charge in [0.1, 0.15) is 6.61 Å². The molecule has 0 saturated heterocycles. The van der Waals surface area contributed by atoms with Crippen LogP contribution in [0.25, 0.3) is 0 Å². The van der Waals surface area contributed by atoms with E-state index < -0.39 is 0 Å². The van der Waals surface area contributed by atoms with E-state index in [9.17, 15) is 0 Å². The van der Waals surface area contributed by atoms with Gasteiger partial charge in [0.25, 0.3) is 0 Å². The zero-order valence-electron chi connectivity index (χ0n) is 16.3. The monoisotopic (exact) mass is 455 g/mol. The zero-order chi connectivity index (χ0) is 20.2. The van der Waals surface area contributed by atoms with Gasteiger partial charge in [0, 0.05) is 28.3 Å². The van der Waals surface area contributed by atoms with E-state index in [2.05, 4.69) is 40.3 Å². The molecule has 1 aliphatic heterocycles. The smallest absolute Gasteiger partial charge is 0.231 e. The molecule has 0 fully saturated rings. The summed E-state index contributed by atoms with van der Waals surface area (Å²) >= 11 is 3.65. The first-order chi connectivity index (χ1) is 14.2. The quantitative estimate of drug-likeness (QED) is 0.496. The number of aryl methyl sites for hydroxylation is 1. The Balaban J connectivity index is 1.56. The van der Waals surface area contributed by atoms with Crippen LogP contribution in [-0.4, -0.2) is 13.9 Å². The van der Waals surface area contributed by atoms with Crippen LogP contribution in [0.4, 0.5) is 5.69 Å². The fourth-order valence-electron chi connectivity index (χ4n) is 3.18. The number of ether oxygens (including phenoxy) is 4. The average molecular weight is 456 g/mol. The molecule has 0 unspecified atom stereocenters. The summed E-state index contributed by atoms with van der Waals surface area (Å²) < 4.78 is 23.6. The maximum Gasteiger partial charge on any atom is 0.231 e. The molecular formula is C23H22BrNO4. The first kappa shape index (κ1) is 19.5. The van der Waals surface area contributed by atoms with Crippen molar-refractivity contribution in [3.63, 3.8) is 0 Å². The molecule has 1 N–H and O–H groups in total. The van der Waals surface area contributed by atoms with E-state index in [-0.39, 0.29) is 6.79 Å². The second-order valence-electron chi connectivity index (χ2n) is 6.69. The minimum atomic E-state index is 0.261. The SMILES string of the molecule is COc1ccc(Br)c(CNc2ccc3c(c2)OCO3)c1OCc1ccccc1C. The molecule has 0 radical (unpaired) electrons. The van der Waals surface area contributed by atoms with Crippen molar-refractivity contribution in [3.05, 3.63) is 75.8 Å². The van der Waals surface area contributed by atoms with Gasteiger partial charge in [0.2, 0.25) is 6.79 Å². The molecule has 0 saturated carbocycles. The van der Waals surface area contributed by atoms with E-state index in [0.717, 1.165) is 38.5 Å². The first-order valence-electron chi connectivity index (χ1n) is 9.32. The van der Waals surface area contributed by atoms with Crippen molar-refractivity contribution in [2.75, 3.05) is 19.2 Å². The van der Waals surface area contributed by atoms with E-state index >= 15 is 0 Å². The van der Waals surface area contributed by atoms with Crippen molar-refractivity contribution in [2.24, 2.45) is 0 Å². The highest BCUT2D eigenvalue weighted by molar-refractivity contribution is 9.10. The number of hydrogen-bond acceptors (Lipinski definition) is 5. The van der Waals surface area contributed by atoms with Gasteiger partial charge in [-0.25, -0.2) is 0 Å². The summed E-state index contributed by atoms with van der Waals surface area (Å²) in [7, 11) is 1.65. The summed E-state index contributed by atoms with van der Waals surface area (Å²) in [5.41, 5.74) is 4.26. The number of nitrogens with one attached hydrogen (secondary N) is 1. The van der Waals surface area contributed by atoms with Crippen LogP contribution < -0.4 is 24.3 Å². The summed E-state index contributed by atoms with van der Waals surface area (Å²) in [5, 5.41) is 3.43. The van der Waals surface area contributed by atoms with Gasteiger partial charge in [-0.15, -0.1) is 0 Å².